The van der Waals surface area contributed by atoms with Gasteiger partial charge in [-0.2, -0.15) is 0 Å². The van der Waals surface area contributed by atoms with Gasteiger partial charge in [-0.25, -0.2) is 19.7 Å². The van der Waals surface area contributed by atoms with E-state index >= 15 is 0 Å². The summed E-state index contributed by atoms with van der Waals surface area (Å²) in [5, 5.41) is 16.2. The molecule has 2 aromatic heterocycles. The lowest BCUT2D eigenvalue weighted by Crippen LogP contribution is -2.16. The van der Waals surface area contributed by atoms with E-state index in [1.54, 1.807) is 10.6 Å². The molecule has 8 heteroatoms. The fourth-order valence-corrected chi connectivity index (χ4v) is 2.71. The number of aromatic nitrogens is 4. The second-order valence-corrected chi connectivity index (χ2v) is 5.13. The summed E-state index contributed by atoms with van der Waals surface area (Å²) in [7, 11) is 0. The maximum atomic E-state index is 11.6. The lowest BCUT2D eigenvalue weighted by Gasteiger charge is -2.04. The second-order valence-electron chi connectivity index (χ2n) is 4.18. The summed E-state index contributed by atoms with van der Waals surface area (Å²) in [5.74, 6) is -1.05. The summed E-state index contributed by atoms with van der Waals surface area (Å²) < 4.78 is 1.56. The maximum absolute atomic E-state index is 11.6. The Morgan fingerprint density at radius 1 is 1.53 bits per heavy atom. The molecule has 2 heterocycles. The lowest BCUT2D eigenvalue weighted by molar-refractivity contribution is 0.0692. The topological polar surface area (TPSA) is 101 Å². The van der Waals surface area contributed by atoms with Crippen molar-refractivity contribution in [1.82, 2.24) is 19.7 Å². The largest absolute Gasteiger partial charge is 0.478 e. The van der Waals surface area contributed by atoms with Crippen LogP contribution >= 0.6 is 11.8 Å². The van der Waals surface area contributed by atoms with Crippen molar-refractivity contribution in [2.24, 2.45) is 0 Å². The summed E-state index contributed by atoms with van der Waals surface area (Å²) in [4.78, 5) is 26.8. The number of H-pyrrole nitrogens is 1. The summed E-state index contributed by atoms with van der Waals surface area (Å²) in [6.07, 6.45) is 3.41. The van der Waals surface area contributed by atoms with E-state index in [-0.39, 0.29) is 17.3 Å². The third kappa shape index (κ3) is 2.26. The number of nitrogens with zero attached hydrogens (tertiary/aromatic N) is 3. The first kappa shape index (κ1) is 12.0. The number of rotatable bonds is 4. The van der Waals surface area contributed by atoms with Crippen LogP contribution in [0.1, 0.15) is 29.2 Å². The normalized spacial score (nSPS) is 14.5. The predicted molar refractivity (Wildman–Crippen MR) is 66.4 cm³/mol. The molecule has 0 unspecified atom stereocenters. The van der Waals surface area contributed by atoms with E-state index in [0.29, 0.717) is 10.2 Å². The van der Waals surface area contributed by atoms with Crippen LogP contribution in [0.2, 0.25) is 0 Å². The third-order valence-corrected chi connectivity index (χ3v) is 3.76. The van der Waals surface area contributed by atoms with Crippen molar-refractivity contribution in [1.29, 1.82) is 0 Å². The van der Waals surface area contributed by atoms with Gasteiger partial charge < -0.3 is 5.11 Å². The minimum atomic E-state index is -1.05. The average Bonchev–Trinajstić information content (AvgIpc) is 3.15. The highest BCUT2D eigenvalue weighted by Gasteiger charge is 2.29. The van der Waals surface area contributed by atoms with Crippen LogP contribution < -0.4 is 5.69 Å². The van der Waals surface area contributed by atoms with E-state index < -0.39 is 5.97 Å². The van der Waals surface area contributed by atoms with Gasteiger partial charge in [0.15, 0.2) is 5.16 Å². The van der Waals surface area contributed by atoms with Gasteiger partial charge in [-0.05, 0) is 36.7 Å². The Balaban J connectivity index is 1.98. The van der Waals surface area contributed by atoms with Crippen LogP contribution in [-0.2, 0) is 0 Å². The van der Waals surface area contributed by atoms with Crippen LogP contribution in [0.4, 0.5) is 0 Å². The molecular formula is C11H10N4O3S. The van der Waals surface area contributed by atoms with Gasteiger partial charge in [-0.15, -0.1) is 5.10 Å². The van der Waals surface area contributed by atoms with Gasteiger partial charge in [0, 0.05) is 12.2 Å². The first-order chi connectivity index (χ1) is 9.16. The molecule has 0 spiro atoms. The van der Waals surface area contributed by atoms with Gasteiger partial charge in [0.25, 0.3) is 0 Å². The van der Waals surface area contributed by atoms with Gasteiger partial charge in [0.1, 0.15) is 5.03 Å². The molecule has 1 fully saturated rings. The summed E-state index contributed by atoms with van der Waals surface area (Å²) in [6.45, 7) is 0. The SMILES string of the molecule is O=C(O)c1cccnc1Sc1n[nH]c(=O)n1C1CC1. The Morgan fingerprint density at radius 2 is 2.32 bits per heavy atom. The molecule has 0 aromatic carbocycles. The molecule has 7 nitrogen and oxygen atoms in total. The zero-order chi connectivity index (χ0) is 13.4. The van der Waals surface area contributed by atoms with E-state index in [9.17, 15) is 9.59 Å². The molecule has 1 aliphatic rings. The third-order valence-electron chi connectivity index (χ3n) is 2.77. The van der Waals surface area contributed by atoms with Crippen molar-refractivity contribution in [2.75, 3.05) is 0 Å². The van der Waals surface area contributed by atoms with Gasteiger partial charge in [-0.1, -0.05) is 0 Å². The Bertz CT molecular complexity index is 689. The van der Waals surface area contributed by atoms with Gasteiger partial charge in [0.2, 0.25) is 0 Å². The summed E-state index contributed by atoms with van der Waals surface area (Å²) in [6, 6.07) is 3.21. The summed E-state index contributed by atoms with van der Waals surface area (Å²) in [5.41, 5.74) is -0.164. The van der Waals surface area contributed by atoms with Crippen molar-refractivity contribution >= 4 is 17.7 Å². The first-order valence-corrected chi connectivity index (χ1v) is 6.51. The Morgan fingerprint density at radius 3 is 3.00 bits per heavy atom. The predicted octanol–water partition coefficient (Wildman–Crippen LogP) is 1.15. The fourth-order valence-electron chi connectivity index (χ4n) is 1.74. The highest BCUT2D eigenvalue weighted by Crippen LogP contribution is 2.37. The highest BCUT2D eigenvalue weighted by atomic mass is 32.2. The molecule has 98 valence electrons. The molecule has 0 amide bonds. The Hall–Kier alpha value is -2.09. The highest BCUT2D eigenvalue weighted by molar-refractivity contribution is 7.99. The van der Waals surface area contributed by atoms with E-state index in [0.717, 1.165) is 24.6 Å². The van der Waals surface area contributed by atoms with Crippen LogP contribution in [0, 0.1) is 0 Å². The number of hydrogen-bond acceptors (Lipinski definition) is 5. The Labute approximate surface area is 111 Å². The van der Waals surface area contributed by atoms with Crippen molar-refractivity contribution in [3.8, 4) is 0 Å². The van der Waals surface area contributed by atoms with E-state index in [4.69, 9.17) is 5.11 Å². The zero-order valence-electron chi connectivity index (χ0n) is 9.74. The maximum Gasteiger partial charge on any atom is 0.344 e. The van der Waals surface area contributed by atoms with Crippen molar-refractivity contribution in [2.45, 2.75) is 29.1 Å². The minimum Gasteiger partial charge on any atom is -0.478 e. The van der Waals surface area contributed by atoms with Gasteiger partial charge >= 0.3 is 11.7 Å². The monoisotopic (exact) mass is 278 g/mol. The van der Waals surface area contributed by atoms with Crippen LogP contribution in [0.5, 0.6) is 0 Å². The van der Waals surface area contributed by atoms with E-state index in [1.807, 2.05) is 0 Å². The molecule has 0 radical (unpaired) electrons. The fraction of sp³-hybridized carbons (Fsp3) is 0.273. The molecule has 0 bridgehead atoms. The molecule has 0 saturated heterocycles. The number of carboxylic acids is 1. The van der Waals surface area contributed by atoms with Crippen LogP contribution in [-0.4, -0.2) is 30.8 Å². The van der Waals surface area contributed by atoms with Crippen LogP contribution in [0.25, 0.3) is 0 Å². The van der Waals surface area contributed by atoms with E-state index in [2.05, 4.69) is 15.2 Å². The van der Waals surface area contributed by atoms with Crippen LogP contribution in [0.3, 0.4) is 0 Å². The first-order valence-electron chi connectivity index (χ1n) is 5.70. The Kier molecular flexibility index (Phi) is 2.86. The molecule has 3 rings (SSSR count). The molecule has 19 heavy (non-hydrogen) atoms. The minimum absolute atomic E-state index is 0.102. The molecule has 2 aromatic rings. The quantitative estimate of drug-likeness (QED) is 0.870. The number of carbonyl (C=O) groups is 1. The molecular weight excluding hydrogens is 268 g/mol. The number of aromatic amines is 1. The lowest BCUT2D eigenvalue weighted by atomic mass is 10.3. The number of nitrogens with one attached hydrogen (secondary N) is 1. The van der Waals surface area contributed by atoms with Gasteiger partial charge in [0.05, 0.1) is 5.56 Å². The average molecular weight is 278 g/mol. The molecule has 0 aliphatic heterocycles. The second kappa shape index (κ2) is 4.54. The number of carboxylic acid groups (broad SMARTS) is 1. The zero-order valence-corrected chi connectivity index (χ0v) is 10.6. The molecule has 0 atom stereocenters. The van der Waals surface area contributed by atoms with E-state index in [1.165, 1.54) is 12.3 Å². The molecule has 1 aliphatic carbocycles. The molecule has 1 saturated carbocycles. The smallest absolute Gasteiger partial charge is 0.344 e. The van der Waals surface area contributed by atoms with Gasteiger partial charge in [-0.3, -0.25) is 4.57 Å². The van der Waals surface area contributed by atoms with Crippen molar-refractivity contribution < 1.29 is 9.90 Å². The van der Waals surface area contributed by atoms with Crippen molar-refractivity contribution in [3.63, 3.8) is 0 Å². The standard InChI is InChI=1S/C11H10N4O3S/c16-9(17)7-2-1-5-12-8(7)19-11-14-13-10(18)15(11)6-3-4-6/h1-2,5-6H,3-4H2,(H,13,18)(H,16,17). The number of aromatic carboxylic acids is 1. The number of pyridine rings is 1. The molecule has 2 N–H and O–H groups in total. The number of hydrogen-bond donors (Lipinski definition) is 2. The van der Waals surface area contributed by atoms with Crippen molar-refractivity contribution in [3.05, 3.63) is 34.4 Å². The van der Waals surface area contributed by atoms with Crippen LogP contribution in [0.15, 0.2) is 33.3 Å². The summed E-state index contributed by atoms with van der Waals surface area (Å²) >= 11 is 1.09.